The summed E-state index contributed by atoms with van der Waals surface area (Å²) in [6, 6.07) is 40.2. The molecule has 0 aliphatic carbocycles. The van der Waals surface area contributed by atoms with Crippen LogP contribution in [0.25, 0.3) is 0 Å². The van der Waals surface area contributed by atoms with E-state index >= 15 is 0 Å². The van der Waals surface area contributed by atoms with Crippen LogP contribution in [-0.4, -0.2) is 45.2 Å². The maximum Gasteiger partial charge on any atom is 0.258 e. The van der Waals surface area contributed by atoms with Crippen molar-refractivity contribution in [2.24, 2.45) is 5.16 Å². The van der Waals surface area contributed by atoms with Gasteiger partial charge in [0.15, 0.2) is 20.5 Å². The van der Waals surface area contributed by atoms with Gasteiger partial charge in [-0.25, -0.2) is 0 Å². The Morgan fingerprint density at radius 2 is 1.00 bits per heavy atom. The molecule has 1 heterocycles. The van der Waals surface area contributed by atoms with Gasteiger partial charge in [0.1, 0.15) is 18.8 Å². The minimum Gasteiger partial charge on any atom is -0.468 e. The Morgan fingerprint density at radius 1 is 0.583 bits per heavy atom. The van der Waals surface area contributed by atoms with E-state index in [1.165, 1.54) is 0 Å². The van der Waals surface area contributed by atoms with Gasteiger partial charge >= 0.3 is 0 Å². The summed E-state index contributed by atoms with van der Waals surface area (Å²) in [5.74, 6) is 0.309. The van der Waals surface area contributed by atoms with Crippen LogP contribution in [0.5, 0.6) is 0 Å². The van der Waals surface area contributed by atoms with E-state index in [4.69, 9.17) is 28.2 Å². The lowest BCUT2D eigenvalue weighted by atomic mass is 9.98. The Hall–Kier alpha value is -3.79. The van der Waals surface area contributed by atoms with E-state index in [0.717, 1.165) is 22.3 Å². The summed E-state index contributed by atoms with van der Waals surface area (Å²) in [5, 5.41) is 4.58. The van der Waals surface area contributed by atoms with Gasteiger partial charge in [0.25, 0.3) is 5.90 Å². The lowest BCUT2D eigenvalue weighted by molar-refractivity contribution is -0.193. The third-order valence-electron chi connectivity index (χ3n) is 8.99. The fourth-order valence-electron chi connectivity index (χ4n) is 5.11. The normalized spacial score (nSPS) is 20.7. The van der Waals surface area contributed by atoms with Crippen molar-refractivity contribution in [2.75, 3.05) is 6.61 Å². The summed E-state index contributed by atoms with van der Waals surface area (Å²) in [6.07, 6.45) is -2.36. The second-order valence-corrected chi connectivity index (χ2v) is 18.5. The first-order valence-corrected chi connectivity index (χ1v) is 19.6. The highest BCUT2D eigenvalue weighted by Gasteiger charge is 2.49. The average Bonchev–Trinajstić information content (AvgIpc) is 3.10. The third-order valence-corrected chi connectivity index (χ3v) is 13.5. The summed E-state index contributed by atoms with van der Waals surface area (Å²) in [7, 11) is -2.15. The Morgan fingerprint density at radius 3 is 1.46 bits per heavy atom. The molecule has 1 fully saturated rings. The maximum atomic E-state index is 6.78. The van der Waals surface area contributed by atoms with Gasteiger partial charge in [-0.3, -0.25) is 0 Å². The fraction of sp³-hybridized carbons (Fsp3) is 0.375. The standard InChI is InChI=1S/C40H49NO6Si/c1-40(2,3)48(4,5)46-30-35-36(42-26-31-18-10-6-11-19-31)37(43-27-32-20-12-7-13-21-32)38(44-28-33-22-14-8-15-23-33)39(47-35)41-45-29-34-24-16-9-17-25-34/h6-25,35-38H,26-30H2,1-5H3/b41-39-/t35-,36+,37-,38+/m0/s1. The van der Waals surface area contributed by atoms with Crippen LogP contribution in [0.15, 0.2) is 126 Å². The van der Waals surface area contributed by atoms with Crippen LogP contribution in [0.3, 0.4) is 0 Å². The van der Waals surface area contributed by atoms with Crippen molar-refractivity contribution in [3.63, 3.8) is 0 Å². The number of hydrogen-bond acceptors (Lipinski definition) is 7. The average molecular weight is 668 g/mol. The molecule has 0 N–H and O–H groups in total. The highest BCUT2D eigenvalue weighted by molar-refractivity contribution is 6.74. The van der Waals surface area contributed by atoms with Crippen LogP contribution < -0.4 is 0 Å². The Labute approximate surface area is 286 Å². The van der Waals surface area contributed by atoms with Crippen LogP contribution >= 0.6 is 0 Å². The van der Waals surface area contributed by atoms with Gasteiger partial charge in [-0.15, -0.1) is 0 Å². The predicted octanol–water partition coefficient (Wildman–Crippen LogP) is 8.69. The zero-order chi connectivity index (χ0) is 33.8. The molecule has 1 saturated heterocycles. The fourth-order valence-corrected chi connectivity index (χ4v) is 6.13. The molecule has 0 spiro atoms. The third kappa shape index (κ3) is 10.1. The predicted molar refractivity (Wildman–Crippen MR) is 192 cm³/mol. The van der Waals surface area contributed by atoms with Crippen molar-refractivity contribution in [3.8, 4) is 0 Å². The van der Waals surface area contributed by atoms with E-state index in [-0.39, 0.29) is 11.6 Å². The molecule has 8 heteroatoms. The van der Waals surface area contributed by atoms with E-state index in [1.807, 2.05) is 97.1 Å². The molecular weight excluding hydrogens is 619 g/mol. The van der Waals surface area contributed by atoms with Crippen molar-refractivity contribution >= 4 is 14.2 Å². The van der Waals surface area contributed by atoms with Crippen LogP contribution in [0, 0.1) is 0 Å². The monoisotopic (exact) mass is 667 g/mol. The van der Waals surface area contributed by atoms with E-state index in [9.17, 15) is 0 Å². The summed E-state index contributed by atoms with van der Waals surface area (Å²) >= 11 is 0. The smallest absolute Gasteiger partial charge is 0.258 e. The minimum absolute atomic E-state index is 0.0162. The first-order chi connectivity index (χ1) is 23.2. The Balaban J connectivity index is 1.49. The van der Waals surface area contributed by atoms with Crippen molar-refractivity contribution in [2.45, 2.75) is 89.7 Å². The topological polar surface area (TPSA) is 67.7 Å². The summed E-state index contributed by atoms with van der Waals surface area (Å²) in [6.45, 7) is 12.8. The van der Waals surface area contributed by atoms with Crippen LogP contribution in [0.2, 0.25) is 18.1 Å². The molecule has 4 atom stereocenters. The Kier molecular flexibility index (Phi) is 12.6. The van der Waals surface area contributed by atoms with Crippen LogP contribution in [0.1, 0.15) is 43.0 Å². The van der Waals surface area contributed by atoms with Crippen molar-refractivity contribution in [1.82, 2.24) is 0 Å². The number of ether oxygens (including phenoxy) is 4. The number of nitrogens with zero attached hydrogens (tertiary/aromatic N) is 1. The summed E-state index contributed by atoms with van der Waals surface area (Å²) in [4.78, 5) is 5.92. The quantitative estimate of drug-likeness (QED) is 0.0934. The molecule has 0 amide bonds. The second-order valence-electron chi connectivity index (χ2n) is 13.7. The molecular formula is C40H49NO6Si. The molecule has 0 unspecified atom stereocenters. The molecule has 0 saturated carbocycles. The van der Waals surface area contributed by atoms with Gasteiger partial charge in [-0.1, -0.05) is 142 Å². The van der Waals surface area contributed by atoms with Gasteiger partial charge in [0.2, 0.25) is 0 Å². The zero-order valence-corrected chi connectivity index (χ0v) is 29.8. The molecule has 48 heavy (non-hydrogen) atoms. The molecule has 0 aromatic heterocycles. The molecule has 1 aliphatic heterocycles. The van der Waals surface area contributed by atoms with Gasteiger partial charge < -0.3 is 28.2 Å². The second kappa shape index (κ2) is 17.0. The molecule has 4 aromatic rings. The molecule has 7 nitrogen and oxygen atoms in total. The van der Waals surface area contributed by atoms with Crippen LogP contribution in [-0.2, 0) is 54.6 Å². The van der Waals surface area contributed by atoms with Gasteiger partial charge in [-0.05, 0) is 45.5 Å². The van der Waals surface area contributed by atoms with E-state index < -0.39 is 32.7 Å². The highest BCUT2D eigenvalue weighted by atomic mass is 28.4. The highest BCUT2D eigenvalue weighted by Crippen LogP contribution is 2.37. The summed E-state index contributed by atoms with van der Waals surface area (Å²) in [5.41, 5.74) is 4.11. The maximum absolute atomic E-state index is 6.78. The minimum atomic E-state index is -2.15. The van der Waals surface area contributed by atoms with Gasteiger partial charge in [-0.2, -0.15) is 0 Å². The number of oxime groups is 1. The van der Waals surface area contributed by atoms with Crippen molar-refractivity contribution < 1.29 is 28.2 Å². The van der Waals surface area contributed by atoms with Crippen molar-refractivity contribution in [1.29, 1.82) is 0 Å². The molecule has 4 aromatic carbocycles. The SMILES string of the molecule is CC(C)(C)[Si](C)(C)OC[C@@H]1O/C(=N\OCc2ccccc2)[C@H](OCc2ccccc2)[C@@H](OCc2ccccc2)[C@@H]1OCc1ccccc1. The van der Waals surface area contributed by atoms with Crippen molar-refractivity contribution in [3.05, 3.63) is 144 Å². The van der Waals surface area contributed by atoms with E-state index in [0.29, 0.717) is 32.3 Å². The first-order valence-electron chi connectivity index (χ1n) is 16.7. The number of hydrogen-bond donors (Lipinski definition) is 0. The van der Waals surface area contributed by atoms with Gasteiger partial charge in [0.05, 0.1) is 26.4 Å². The largest absolute Gasteiger partial charge is 0.468 e. The molecule has 5 rings (SSSR count). The lowest BCUT2D eigenvalue weighted by Crippen LogP contribution is -2.60. The Bertz CT molecular complexity index is 1530. The van der Waals surface area contributed by atoms with Gasteiger partial charge in [0, 0.05) is 0 Å². The number of benzene rings is 4. The zero-order valence-electron chi connectivity index (χ0n) is 28.8. The molecule has 254 valence electrons. The molecule has 0 radical (unpaired) electrons. The summed E-state index contributed by atoms with van der Waals surface area (Å²) < 4.78 is 33.6. The molecule has 1 aliphatic rings. The number of rotatable bonds is 15. The van der Waals surface area contributed by atoms with E-state index in [2.05, 4.69) is 63.3 Å². The van der Waals surface area contributed by atoms with E-state index in [1.54, 1.807) is 0 Å². The molecule has 0 bridgehead atoms. The first kappa shape index (κ1) is 35.5. The lowest BCUT2D eigenvalue weighted by Gasteiger charge is -2.44. The van der Waals surface area contributed by atoms with Crippen LogP contribution in [0.4, 0.5) is 0 Å².